The summed E-state index contributed by atoms with van der Waals surface area (Å²) in [5.74, 6) is -0.558. The number of nitrogens with one attached hydrogen (secondary N) is 1. The number of rotatable bonds is 4. The van der Waals surface area contributed by atoms with Gasteiger partial charge in [0.15, 0.2) is 5.78 Å². The van der Waals surface area contributed by atoms with E-state index in [0.717, 1.165) is 10.4 Å². The zero-order valence-electron chi connectivity index (χ0n) is 13.2. The lowest BCUT2D eigenvalue weighted by Gasteiger charge is -2.05. The van der Waals surface area contributed by atoms with Crippen LogP contribution in [-0.2, 0) is 0 Å². The number of hydrogen-bond donors (Lipinski definition) is 1. The van der Waals surface area contributed by atoms with Gasteiger partial charge in [0.2, 0.25) is 0 Å². The van der Waals surface area contributed by atoms with E-state index in [2.05, 4.69) is 9.97 Å². The summed E-state index contributed by atoms with van der Waals surface area (Å²) in [6, 6.07) is 9.97. The van der Waals surface area contributed by atoms with Crippen LogP contribution in [0.2, 0.25) is 0 Å². The molecule has 0 bridgehead atoms. The molecule has 4 nitrogen and oxygen atoms in total. The second-order valence-electron chi connectivity index (χ2n) is 5.47. The Labute approximate surface area is 146 Å². The van der Waals surface area contributed by atoms with Gasteiger partial charge < -0.3 is 9.72 Å². The number of ether oxygens (including phenoxy) is 1. The number of aromatic nitrogens is 2. The van der Waals surface area contributed by atoms with Crippen LogP contribution in [0, 0.1) is 5.82 Å². The summed E-state index contributed by atoms with van der Waals surface area (Å²) in [4.78, 5) is 21.3. The van der Waals surface area contributed by atoms with Crippen molar-refractivity contribution in [2.24, 2.45) is 0 Å². The zero-order chi connectivity index (χ0) is 17.4. The molecule has 0 saturated carbocycles. The minimum atomic E-state index is -0.581. The van der Waals surface area contributed by atoms with Gasteiger partial charge in [-0.15, -0.1) is 11.3 Å². The van der Waals surface area contributed by atoms with Crippen molar-refractivity contribution in [3.63, 3.8) is 0 Å². The van der Waals surface area contributed by atoms with E-state index >= 15 is 0 Å². The highest BCUT2D eigenvalue weighted by Crippen LogP contribution is 2.29. The molecule has 0 spiro atoms. The highest BCUT2D eigenvalue weighted by Gasteiger charge is 2.19. The molecular weight excluding hydrogens is 339 g/mol. The molecule has 1 N–H and O–H groups in total. The van der Waals surface area contributed by atoms with E-state index in [1.165, 1.54) is 25.3 Å². The third-order valence-electron chi connectivity index (χ3n) is 4.00. The fourth-order valence-electron chi connectivity index (χ4n) is 2.72. The number of methoxy groups -OCH3 is 1. The summed E-state index contributed by atoms with van der Waals surface area (Å²) >= 11 is 1.59. The standard InChI is InChI=1S/C19H13FN2O2S/c1-24-12-4-5-16(20)14(8-12)18(23)15-10-22-19-13(15)7-11(9-21-19)17-3-2-6-25-17/h2-10H,1H3,(H,21,22). The molecule has 4 aromatic rings. The number of carbonyl (C=O) groups is 1. The third kappa shape index (κ3) is 2.70. The molecule has 0 radical (unpaired) electrons. The number of aromatic amines is 1. The number of nitrogens with zero attached hydrogens (tertiary/aromatic N) is 1. The van der Waals surface area contributed by atoms with Crippen molar-refractivity contribution in [2.75, 3.05) is 7.11 Å². The first-order valence-electron chi connectivity index (χ1n) is 7.56. The Bertz CT molecular complexity index is 1070. The summed E-state index contributed by atoms with van der Waals surface area (Å²) in [6.07, 6.45) is 3.32. The van der Waals surface area contributed by atoms with Crippen LogP contribution in [-0.4, -0.2) is 22.9 Å². The van der Waals surface area contributed by atoms with Crippen molar-refractivity contribution in [1.82, 2.24) is 9.97 Å². The Balaban J connectivity index is 1.84. The van der Waals surface area contributed by atoms with Crippen LogP contribution in [0.4, 0.5) is 4.39 Å². The van der Waals surface area contributed by atoms with Crippen LogP contribution in [0.25, 0.3) is 21.5 Å². The fraction of sp³-hybridized carbons (Fsp3) is 0.0526. The number of thiophene rings is 1. The molecule has 6 heteroatoms. The molecular formula is C19H13FN2O2S. The maximum Gasteiger partial charge on any atom is 0.198 e. The number of halogens is 1. The smallest absolute Gasteiger partial charge is 0.198 e. The number of H-pyrrole nitrogens is 1. The lowest BCUT2D eigenvalue weighted by Crippen LogP contribution is -2.04. The van der Waals surface area contributed by atoms with Crippen LogP contribution in [0.5, 0.6) is 5.75 Å². The molecule has 0 amide bonds. The Hall–Kier alpha value is -2.99. The van der Waals surface area contributed by atoms with E-state index in [0.29, 0.717) is 22.3 Å². The second-order valence-corrected chi connectivity index (χ2v) is 6.42. The molecule has 4 rings (SSSR count). The summed E-state index contributed by atoms with van der Waals surface area (Å²) in [6.45, 7) is 0. The zero-order valence-corrected chi connectivity index (χ0v) is 14.1. The summed E-state index contributed by atoms with van der Waals surface area (Å²) in [5, 5.41) is 2.65. The highest BCUT2D eigenvalue weighted by atomic mass is 32.1. The molecule has 25 heavy (non-hydrogen) atoms. The van der Waals surface area contributed by atoms with Gasteiger partial charge >= 0.3 is 0 Å². The van der Waals surface area contributed by atoms with Gasteiger partial charge in [-0.2, -0.15) is 0 Å². The van der Waals surface area contributed by atoms with Crippen LogP contribution in [0.15, 0.2) is 54.2 Å². The van der Waals surface area contributed by atoms with Crippen molar-refractivity contribution < 1.29 is 13.9 Å². The van der Waals surface area contributed by atoms with Crippen LogP contribution >= 0.6 is 11.3 Å². The summed E-state index contributed by atoms with van der Waals surface area (Å²) in [5.41, 5.74) is 1.86. The first kappa shape index (κ1) is 15.5. The first-order chi connectivity index (χ1) is 12.2. The molecule has 0 aliphatic carbocycles. The average Bonchev–Trinajstić information content (AvgIpc) is 3.30. The van der Waals surface area contributed by atoms with Crippen molar-refractivity contribution >= 4 is 28.2 Å². The van der Waals surface area contributed by atoms with E-state index in [1.54, 1.807) is 23.7 Å². The molecule has 124 valence electrons. The summed E-state index contributed by atoms with van der Waals surface area (Å²) in [7, 11) is 1.48. The quantitative estimate of drug-likeness (QED) is 0.543. The van der Waals surface area contributed by atoms with Gasteiger partial charge in [0.05, 0.1) is 12.7 Å². The molecule has 0 unspecified atom stereocenters. The van der Waals surface area contributed by atoms with Crippen LogP contribution in [0.3, 0.4) is 0 Å². The van der Waals surface area contributed by atoms with Gasteiger partial charge in [0.25, 0.3) is 0 Å². The Morgan fingerprint density at radius 2 is 2.12 bits per heavy atom. The molecule has 0 saturated heterocycles. The van der Waals surface area contributed by atoms with Gasteiger partial charge in [-0.3, -0.25) is 4.79 Å². The number of hydrogen-bond acceptors (Lipinski definition) is 4. The lowest BCUT2D eigenvalue weighted by molar-refractivity contribution is 0.103. The normalized spacial score (nSPS) is 11.0. The highest BCUT2D eigenvalue weighted by molar-refractivity contribution is 7.13. The van der Waals surface area contributed by atoms with Gasteiger partial charge in [0, 0.05) is 33.8 Å². The molecule has 1 aromatic carbocycles. The lowest BCUT2D eigenvalue weighted by atomic mass is 10.0. The number of pyridine rings is 1. The van der Waals surface area contributed by atoms with Gasteiger partial charge in [-0.05, 0) is 35.7 Å². The predicted molar refractivity (Wildman–Crippen MR) is 95.8 cm³/mol. The largest absolute Gasteiger partial charge is 0.497 e. The Morgan fingerprint density at radius 1 is 1.24 bits per heavy atom. The summed E-state index contributed by atoms with van der Waals surface area (Å²) < 4.78 is 19.2. The van der Waals surface area contributed by atoms with Gasteiger partial charge in [-0.25, -0.2) is 9.37 Å². The first-order valence-corrected chi connectivity index (χ1v) is 8.44. The van der Waals surface area contributed by atoms with E-state index in [1.807, 2.05) is 23.6 Å². The van der Waals surface area contributed by atoms with Gasteiger partial charge in [0.1, 0.15) is 17.2 Å². The number of ketones is 1. The Morgan fingerprint density at radius 3 is 2.88 bits per heavy atom. The average molecular weight is 352 g/mol. The number of benzene rings is 1. The molecule has 3 aromatic heterocycles. The Kier molecular flexibility index (Phi) is 3.82. The third-order valence-corrected chi connectivity index (χ3v) is 4.92. The molecule has 0 aliphatic heterocycles. The molecule has 3 heterocycles. The number of carbonyl (C=O) groups excluding carboxylic acids is 1. The number of fused-ring (bicyclic) bond motifs is 1. The second kappa shape index (κ2) is 6.14. The van der Waals surface area contributed by atoms with E-state index in [4.69, 9.17) is 4.74 Å². The van der Waals surface area contributed by atoms with E-state index in [-0.39, 0.29) is 5.56 Å². The van der Waals surface area contributed by atoms with Crippen molar-refractivity contribution in [3.8, 4) is 16.2 Å². The van der Waals surface area contributed by atoms with Crippen molar-refractivity contribution in [3.05, 3.63) is 71.1 Å². The topological polar surface area (TPSA) is 55.0 Å². The SMILES string of the molecule is COc1ccc(F)c(C(=O)c2c[nH]c3ncc(-c4cccs4)cc23)c1. The monoisotopic (exact) mass is 352 g/mol. The minimum absolute atomic E-state index is 0.0261. The maximum atomic E-state index is 14.2. The van der Waals surface area contributed by atoms with E-state index in [9.17, 15) is 9.18 Å². The molecule has 0 atom stereocenters. The van der Waals surface area contributed by atoms with Crippen LogP contribution in [0.1, 0.15) is 15.9 Å². The van der Waals surface area contributed by atoms with Gasteiger partial charge in [-0.1, -0.05) is 6.07 Å². The van der Waals surface area contributed by atoms with E-state index < -0.39 is 11.6 Å². The van der Waals surface area contributed by atoms with Crippen LogP contribution < -0.4 is 4.74 Å². The predicted octanol–water partition coefficient (Wildman–Crippen LogP) is 4.67. The fourth-order valence-corrected chi connectivity index (χ4v) is 3.43. The molecule has 0 fully saturated rings. The van der Waals surface area contributed by atoms with Crippen molar-refractivity contribution in [1.29, 1.82) is 0 Å². The minimum Gasteiger partial charge on any atom is -0.497 e. The maximum absolute atomic E-state index is 14.2. The van der Waals surface area contributed by atoms with Crippen molar-refractivity contribution in [2.45, 2.75) is 0 Å². The molecule has 0 aliphatic rings.